The summed E-state index contributed by atoms with van der Waals surface area (Å²) < 4.78 is 0. The summed E-state index contributed by atoms with van der Waals surface area (Å²) in [6.45, 7) is -0.596. The van der Waals surface area contributed by atoms with E-state index in [9.17, 15) is 4.79 Å². The fourth-order valence-corrected chi connectivity index (χ4v) is 1.22. The number of carbonyl (C=O) groups excluding carboxylic acids is 1. The first-order valence-electron chi connectivity index (χ1n) is 5.24. The SMILES string of the molecule is CN(C)c1cc(C(=O)NC(CO)CO)ccn1. The van der Waals surface area contributed by atoms with Crippen LogP contribution in [0, 0.1) is 0 Å². The Morgan fingerprint density at radius 1 is 1.47 bits per heavy atom. The van der Waals surface area contributed by atoms with Gasteiger partial charge in [0.15, 0.2) is 0 Å². The Morgan fingerprint density at radius 2 is 2.12 bits per heavy atom. The zero-order chi connectivity index (χ0) is 12.8. The first-order chi connectivity index (χ1) is 8.08. The molecule has 1 rings (SSSR count). The summed E-state index contributed by atoms with van der Waals surface area (Å²) in [5.41, 5.74) is 0.440. The molecule has 1 heterocycles. The second-order valence-electron chi connectivity index (χ2n) is 3.83. The lowest BCUT2D eigenvalue weighted by Crippen LogP contribution is -2.40. The fraction of sp³-hybridized carbons (Fsp3) is 0.455. The van der Waals surface area contributed by atoms with Crippen LogP contribution in [0.25, 0.3) is 0 Å². The lowest BCUT2D eigenvalue weighted by Gasteiger charge is -2.15. The van der Waals surface area contributed by atoms with Crippen molar-refractivity contribution < 1.29 is 15.0 Å². The van der Waals surface area contributed by atoms with Crippen molar-refractivity contribution in [1.29, 1.82) is 0 Å². The number of carbonyl (C=O) groups is 1. The first kappa shape index (κ1) is 13.4. The Hall–Kier alpha value is -1.66. The lowest BCUT2D eigenvalue weighted by atomic mass is 10.2. The summed E-state index contributed by atoms with van der Waals surface area (Å²) in [5, 5.41) is 20.3. The van der Waals surface area contributed by atoms with E-state index in [0.29, 0.717) is 11.4 Å². The van der Waals surface area contributed by atoms with Crippen LogP contribution in [0.3, 0.4) is 0 Å². The molecule has 0 aliphatic rings. The van der Waals surface area contributed by atoms with Crippen molar-refractivity contribution in [3.05, 3.63) is 23.9 Å². The van der Waals surface area contributed by atoms with E-state index in [1.807, 2.05) is 14.1 Å². The number of rotatable bonds is 5. The van der Waals surface area contributed by atoms with Crippen molar-refractivity contribution in [2.75, 3.05) is 32.2 Å². The van der Waals surface area contributed by atoms with Gasteiger partial charge in [-0.15, -0.1) is 0 Å². The van der Waals surface area contributed by atoms with Gasteiger partial charge in [-0.1, -0.05) is 0 Å². The molecule has 0 aliphatic heterocycles. The van der Waals surface area contributed by atoms with E-state index in [2.05, 4.69) is 10.3 Å². The maximum absolute atomic E-state index is 11.8. The van der Waals surface area contributed by atoms with Crippen molar-refractivity contribution in [1.82, 2.24) is 10.3 Å². The van der Waals surface area contributed by atoms with Crippen molar-refractivity contribution >= 4 is 11.7 Å². The summed E-state index contributed by atoms with van der Waals surface area (Å²) in [4.78, 5) is 17.6. The smallest absolute Gasteiger partial charge is 0.251 e. The Labute approximate surface area is 99.9 Å². The predicted octanol–water partition coefficient (Wildman–Crippen LogP) is -0.769. The number of aliphatic hydroxyl groups is 2. The molecule has 94 valence electrons. The van der Waals surface area contributed by atoms with E-state index >= 15 is 0 Å². The van der Waals surface area contributed by atoms with Crippen LogP contribution >= 0.6 is 0 Å². The molecule has 0 unspecified atom stereocenters. The number of hydrogen-bond acceptors (Lipinski definition) is 5. The van der Waals surface area contributed by atoms with E-state index in [1.165, 1.54) is 6.20 Å². The zero-order valence-electron chi connectivity index (χ0n) is 9.92. The normalized spacial score (nSPS) is 10.4. The van der Waals surface area contributed by atoms with E-state index in [0.717, 1.165) is 0 Å². The molecule has 17 heavy (non-hydrogen) atoms. The number of aliphatic hydroxyl groups excluding tert-OH is 2. The third kappa shape index (κ3) is 3.69. The highest BCUT2D eigenvalue weighted by Crippen LogP contribution is 2.09. The number of amides is 1. The van der Waals surface area contributed by atoms with Crippen LogP contribution in [0.5, 0.6) is 0 Å². The van der Waals surface area contributed by atoms with Gasteiger partial charge in [-0.05, 0) is 12.1 Å². The Morgan fingerprint density at radius 3 is 2.65 bits per heavy atom. The summed E-state index contributed by atoms with van der Waals surface area (Å²) in [6, 6.07) is 2.58. The standard InChI is InChI=1S/C11H17N3O3/c1-14(2)10-5-8(3-4-12-10)11(17)13-9(6-15)7-16/h3-5,9,15-16H,6-7H2,1-2H3,(H,13,17). The summed E-state index contributed by atoms with van der Waals surface area (Å²) in [6.07, 6.45) is 1.54. The molecule has 0 saturated heterocycles. The molecule has 0 bridgehead atoms. The van der Waals surface area contributed by atoms with Gasteiger partial charge < -0.3 is 20.4 Å². The minimum Gasteiger partial charge on any atom is -0.394 e. The topological polar surface area (TPSA) is 85.7 Å². The molecular weight excluding hydrogens is 222 g/mol. The predicted molar refractivity (Wildman–Crippen MR) is 64.0 cm³/mol. The molecule has 0 fully saturated rings. The van der Waals surface area contributed by atoms with Crippen LogP contribution in [0.15, 0.2) is 18.3 Å². The van der Waals surface area contributed by atoms with Gasteiger partial charge in [-0.3, -0.25) is 4.79 Å². The van der Waals surface area contributed by atoms with Gasteiger partial charge in [-0.2, -0.15) is 0 Å². The van der Waals surface area contributed by atoms with E-state index in [4.69, 9.17) is 10.2 Å². The van der Waals surface area contributed by atoms with Gasteiger partial charge in [-0.25, -0.2) is 4.98 Å². The third-order valence-corrected chi connectivity index (χ3v) is 2.24. The van der Waals surface area contributed by atoms with Crippen molar-refractivity contribution in [3.63, 3.8) is 0 Å². The molecule has 1 aromatic rings. The molecule has 1 aromatic heterocycles. The number of hydrogen-bond donors (Lipinski definition) is 3. The maximum atomic E-state index is 11.8. The van der Waals surface area contributed by atoms with Crippen molar-refractivity contribution in [2.45, 2.75) is 6.04 Å². The van der Waals surface area contributed by atoms with E-state index in [-0.39, 0.29) is 19.1 Å². The quantitative estimate of drug-likeness (QED) is 0.628. The van der Waals surface area contributed by atoms with Gasteiger partial charge in [0.25, 0.3) is 5.91 Å². The Balaban J connectivity index is 2.78. The van der Waals surface area contributed by atoms with Crippen LogP contribution in [0.2, 0.25) is 0 Å². The molecule has 0 aliphatic carbocycles. The molecule has 0 saturated carbocycles. The summed E-state index contributed by atoms with van der Waals surface area (Å²) in [7, 11) is 3.66. The molecule has 0 aromatic carbocycles. The molecule has 0 atom stereocenters. The van der Waals surface area contributed by atoms with Crippen LogP contribution in [0.1, 0.15) is 10.4 Å². The molecular formula is C11H17N3O3. The number of pyridine rings is 1. The summed E-state index contributed by atoms with van der Waals surface area (Å²) >= 11 is 0. The Bertz CT molecular complexity index is 378. The number of anilines is 1. The van der Waals surface area contributed by atoms with Gasteiger partial charge in [0.2, 0.25) is 0 Å². The van der Waals surface area contributed by atoms with Crippen molar-refractivity contribution in [3.8, 4) is 0 Å². The lowest BCUT2D eigenvalue weighted by molar-refractivity contribution is 0.0879. The highest BCUT2D eigenvalue weighted by molar-refractivity contribution is 5.95. The maximum Gasteiger partial charge on any atom is 0.251 e. The van der Waals surface area contributed by atoms with Crippen molar-refractivity contribution in [2.24, 2.45) is 0 Å². The van der Waals surface area contributed by atoms with E-state index in [1.54, 1.807) is 17.0 Å². The molecule has 0 spiro atoms. The highest BCUT2D eigenvalue weighted by atomic mass is 16.3. The minimum atomic E-state index is -0.640. The van der Waals surface area contributed by atoms with Crippen LogP contribution in [-0.4, -0.2) is 54.5 Å². The Kier molecular flexibility index (Phi) is 4.86. The van der Waals surface area contributed by atoms with Gasteiger partial charge in [0.1, 0.15) is 5.82 Å². The molecule has 0 radical (unpaired) electrons. The number of nitrogens with one attached hydrogen (secondary N) is 1. The fourth-order valence-electron chi connectivity index (χ4n) is 1.22. The minimum absolute atomic E-state index is 0.298. The highest BCUT2D eigenvalue weighted by Gasteiger charge is 2.12. The molecule has 6 heteroatoms. The molecule has 3 N–H and O–H groups in total. The van der Waals surface area contributed by atoms with Gasteiger partial charge in [0.05, 0.1) is 19.3 Å². The largest absolute Gasteiger partial charge is 0.394 e. The van der Waals surface area contributed by atoms with Crippen LogP contribution < -0.4 is 10.2 Å². The average molecular weight is 239 g/mol. The monoisotopic (exact) mass is 239 g/mol. The van der Waals surface area contributed by atoms with Crippen LogP contribution in [-0.2, 0) is 0 Å². The summed E-state index contributed by atoms with van der Waals surface area (Å²) in [5.74, 6) is 0.325. The number of aromatic nitrogens is 1. The van der Waals surface area contributed by atoms with E-state index < -0.39 is 6.04 Å². The third-order valence-electron chi connectivity index (χ3n) is 2.24. The first-order valence-corrected chi connectivity index (χ1v) is 5.24. The molecule has 6 nitrogen and oxygen atoms in total. The number of nitrogens with zero attached hydrogens (tertiary/aromatic N) is 2. The van der Waals surface area contributed by atoms with Crippen LogP contribution in [0.4, 0.5) is 5.82 Å². The van der Waals surface area contributed by atoms with Gasteiger partial charge >= 0.3 is 0 Å². The average Bonchev–Trinajstić information content (AvgIpc) is 2.35. The molecule has 1 amide bonds. The second-order valence-corrected chi connectivity index (χ2v) is 3.83. The second kappa shape index (κ2) is 6.17. The van der Waals surface area contributed by atoms with Gasteiger partial charge in [0, 0.05) is 25.9 Å². The zero-order valence-corrected chi connectivity index (χ0v) is 9.92.